The molecule has 4 heteroatoms. The molecule has 0 spiro atoms. The van der Waals surface area contributed by atoms with Gasteiger partial charge in [-0.05, 0) is 32.2 Å². The first-order chi connectivity index (χ1) is 7.67. The minimum atomic E-state index is -0.639. The smallest absolute Gasteiger partial charge is 0.0953 e. The van der Waals surface area contributed by atoms with Crippen molar-refractivity contribution in [3.05, 3.63) is 18.0 Å². The molecule has 4 nitrogen and oxygen atoms in total. The van der Waals surface area contributed by atoms with Gasteiger partial charge in [0, 0.05) is 31.4 Å². The zero-order chi connectivity index (χ0) is 11.2. The van der Waals surface area contributed by atoms with Gasteiger partial charge in [-0.15, -0.1) is 0 Å². The lowest BCUT2D eigenvalue weighted by molar-refractivity contribution is -0.0409. The van der Waals surface area contributed by atoms with Gasteiger partial charge in [-0.2, -0.15) is 5.10 Å². The van der Waals surface area contributed by atoms with Crippen molar-refractivity contribution >= 4 is 0 Å². The molecule has 16 heavy (non-hydrogen) atoms. The zero-order valence-corrected chi connectivity index (χ0v) is 9.76. The topological polar surface area (TPSA) is 41.3 Å². The van der Waals surface area contributed by atoms with Gasteiger partial charge in [0.05, 0.1) is 11.8 Å². The van der Waals surface area contributed by atoms with Crippen molar-refractivity contribution < 1.29 is 5.11 Å². The third kappa shape index (κ3) is 1.57. The van der Waals surface area contributed by atoms with E-state index < -0.39 is 5.60 Å². The fourth-order valence-electron chi connectivity index (χ4n) is 3.16. The Morgan fingerprint density at radius 3 is 3.12 bits per heavy atom. The van der Waals surface area contributed by atoms with Gasteiger partial charge < -0.3 is 10.0 Å². The first-order valence-electron chi connectivity index (χ1n) is 6.13. The van der Waals surface area contributed by atoms with Crippen LogP contribution in [-0.2, 0) is 12.6 Å². The molecule has 0 saturated carbocycles. The van der Waals surface area contributed by atoms with Crippen LogP contribution in [0.1, 0.15) is 31.2 Å². The number of aromatic nitrogens is 2. The molecule has 1 N–H and O–H groups in total. The third-order valence-electron chi connectivity index (χ3n) is 4.13. The van der Waals surface area contributed by atoms with Gasteiger partial charge in [0.15, 0.2) is 0 Å². The summed E-state index contributed by atoms with van der Waals surface area (Å²) < 4.78 is 1.77. The van der Waals surface area contributed by atoms with Gasteiger partial charge in [0.2, 0.25) is 0 Å². The Morgan fingerprint density at radius 2 is 2.38 bits per heavy atom. The second kappa shape index (κ2) is 3.57. The minimum absolute atomic E-state index is 0.582. The first-order valence-corrected chi connectivity index (χ1v) is 6.13. The summed E-state index contributed by atoms with van der Waals surface area (Å²) in [5.74, 6) is 0. The lowest BCUT2D eigenvalue weighted by Gasteiger charge is -2.40. The van der Waals surface area contributed by atoms with Crippen LogP contribution in [0.5, 0.6) is 0 Å². The van der Waals surface area contributed by atoms with E-state index in [0.29, 0.717) is 6.04 Å². The molecule has 3 heterocycles. The van der Waals surface area contributed by atoms with Crippen molar-refractivity contribution in [2.24, 2.45) is 7.05 Å². The second-order valence-corrected chi connectivity index (χ2v) is 5.22. The highest BCUT2D eigenvalue weighted by Crippen LogP contribution is 2.39. The van der Waals surface area contributed by atoms with Gasteiger partial charge in [-0.3, -0.25) is 4.68 Å². The highest BCUT2D eigenvalue weighted by molar-refractivity contribution is 5.17. The Balaban J connectivity index is 1.83. The summed E-state index contributed by atoms with van der Waals surface area (Å²) in [6.07, 6.45) is 8.00. The number of piperidine rings is 1. The summed E-state index contributed by atoms with van der Waals surface area (Å²) in [5, 5.41) is 14.9. The average Bonchev–Trinajstić information content (AvgIpc) is 2.85. The van der Waals surface area contributed by atoms with E-state index in [4.69, 9.17) is 0 Å². The van der Waals surface area contributed by atoms with Crippen molar-refractivity contribution in [2.75, 3.05) is 13.1 Å². The molecular formula is C12H19N3O. The van der Waals surface area contributed by atoms with E-state index in [0.717, 1.165) is 24.9 Å². The van der Waals surface area contributed by atoms with E-state index in [1.165, 1.54) is 19.4 Å². The molecule has 0 aliphatic carbocycles. The Kier molecular flexibility index (Phi) is 2.30. The fourth-order valence-corrected chi connectivity index (χ4v) is 3.16. The number of hydrogen-bond acceptors (Lipinski definition) is 3. The summed E-state index contributed by atoms with van der Waals surface area (Å²) in [5.41, 5.74) is 0.348. The maximum absolute atomic E-state index is 10.7. The number of fused-ring (bicyclic) bond motifs is 1. The van der Waals surface area contributed by atoms with Gasteiger partial charge in [-0.1, -0.05) is 0 Å². The Hall–Kier alpha value is -0.870. The first kappa shape index (κ1) is 10.3. The number of aryl methyl sites for hydroxylation is 1. The van der Waals surface area contributed by atoms with Crippen molar-refractivity contribution in [1.29, 1.82) is 0 Å². The molecular weight excluding hydrogens is 202 g/mol. The monoisotopic (exact) mass is 221 g/mol. The molecule has 2 unspecified atom stereocenters. The summed E-state index contributed by atoms with van der Waals surface area (Å²) in [7, 11) is 1.90. The molecule has 2 saturated heterocycles. The van der Waals surface area contributed by atoms with E-state index in [1.54, 1.807) is 4.68 Å². The van der Waals surface area contributed by atoms with E-state index in [2.05, 4.69) is 10.00 Å². The van der Waals surface area contributed by atoms with Gasteiger partial charge in [0.1, 0.15) is 0 Å². The number of hydrogen-bond donors (Lipinski definition) is 1. The third-order valence-corrected chi connectivity index (χ3v) is 4.13. The second-order valence-electron chi connectivity index (χ2n) is 5.22. The van der Waals surface area contributed by atoms with Crippen LogP contribution in [0.2, 0.25) is 0 Å². The molecule has 1 aromatic rings. The average molecular weight is 221 g/mol. The van der Waals surface area contributed by atoms with Crippen LogP contribution in [0.4, 0.5) is 0 Å². The van der Waals surface area contributed by atoms with Crippen molar-refractivity contribution in [3.8, 4) is 0 Å². The molecule has 0 amide bonds. The molecule has 0 bridgehead atoms. The van der Waals surface area contributed by atoms with E-state index >= 15 is 0 Å². The Morgan fingerprint density at radius 1 is 1.50 bits per heavy atom. The Labute approximate surface area is 95.9 Å². The van der Waals surface area contributed by atoms with Crippen molar-refractivity contribution in [1.82, 2.24) is 14.7 Å². The predicted octanol–water partition coefficient (Wildman–Crippen LogP) is 0.866. The lowest BCUT2D eigenvalue weighted by Crippen LogP contribution is -2.45. The molecule has 3 rings (SSSR count). The van der Waals surface area contributed by atoms with Crippen LogP contribution in [0.15, 0.2) is 12.4 Å². The van der Waals surface area contributed by atoms with E-state index in [9.17, 15) is 5.11 Å². The fraction of sp³-hybridized carbons (Fsp3) is 0.750. The molecule has 2 atom stereocenters. The zero-order valence-electron chi connectivity index (χ0n) is 9.76. The van der Waals surface area contributed by atoms with Crippen LogP contribution in [-0.4, -0.2) is 38.9 Å². The van der Waals surface area contributed by atoms with Crippen LogP contribution in [0, 0.1) is 0 Å². The summed E-state index contributed by atoms with van der Waals surface area (Å²) >= 11 is 0. The molecule has 2 aliphatic rings. The predicted molar refractivity (Wildman–Crippen MR) is 60.9 cm³/mol. The molecule has 0 radical (unpaired) electrons. The molecule has 0 aromatic carbocycles. The van der Waals surface area contributed by atoms with E-state index in [-0.39, 0.29) is 0 Å². The summed E-state index contributed by atoms with van der Waals surface area (Å²) in [6.45, 7) is 2.24. The van der Waals surface area contributed by atoms with Crippen LogP contribution in [0.25, 0.3) is 0 Å². The number of aliphatic hydroxyl groups is 1. The summed E-state index contributed by atoms with van der Waals surface area (Å²) in [4.78, 5) is 2.52. The highest BCUT2D eigenvalue weighted by Gasteiger charge is 2.41. The van der Waals surface area contributed by atoms with E-state index in [1.807, 2.05) is 19.4 Å². The lowest BCUT2D eigenvalue weighted by atomic mass is 9.82. The van der Waals surface area contributed by atoms with Crippen molar-refractivity contribution in [3.63, 3.8) is 0 Å². The van der Waals surface area contributed by atoms with Crippen molar-refractivity contribution in [2.45, 2.75) is 37.3 Å². The molecule has 1 aromatic heterocycles. The van der Waals surface area contributed by atoms with Crippen LogP contribution in [0.3, 0.4) is 0 Å². The van der Waals surface area contributed by atoms with Gasteiger partial charge >= 0.3 is 0 Å². The maximum Gasteiger partial charge on any atom is 0.0953 e. The van der Waals surface area contributed by atoms with Gasteiger partial charge in [-0.25, -0.2) is 0 Å². The summed E-state index contributed by atoms with van der Waals surface area (Å²) in [6, 6.07) is 0.582. The number of nitrogens with zero attached hydrogens (tertiary/aromatic N) is 3. The normalized spacial score (nSPS) is 35.2. The largest absolute Gasteiger partial charge is 0.385 e. The molecule has 2 fully saturated rings. The Bertz CT molecular complexity index is 389. The quantitative estimate of drug-likeness (QED) is 0.765. The van der Waals surface area contributed by atoms with Crippen LogP contribution >= 0.6 is 0 Å². The minimum Gasteiger partial charge on any atom is -0.385 e. The standard InChI is InChI=1S/C12H19N3O/c1-14-9-10(8-13-14)12(16)4-6-15-5-2-3-11(15)7-12/h8-9,11,16H,2-7H2,1H3. The van der Waals surface area contributed by atoms with Crippen LogP contribution < -0.4 is 0 Å². The maximum atomic E-state index is 10.7. The highest BCUT2D eigenvalue weighted by atomic mass is 16.3. The van der Waals surface area contributed by atoms with Gasteiger partial charge in [0.25, 0.3) is 0 Å². The number of rotatable bonds is 1. The molecule has 88 valence electrons. The SMILES string of the molecule is Cn1cc(C2(O)CCN3CCCC3C2)cn1. The molecule has 2 aliphatic heterocycles.